The lowest BCUT2D eigenvalue weighted by molar-refractivity contribution is 0.0992. The van der Waals surface area contributed by atoms with Crippen LogP contribution in [0.5, 0.6) is 11.5 Å². The van der Waals surface area contributed by atoms with Gasteiger partial charge in [0, 0.05) is 12.0 Å². The molecule has 0 aliphatic carbocycles. The number of Topliss-reactive ketones (excluding diaryl/α,β-unsaturated/α-hetero) is 1. The van der Waals surface area contributed by atoms with Crippen LogP contribution in [0, 0.1) is 5.82 Å². The van der Waals surface area contributed by atoms with Crippen molar-refractivity contribution in [3.63, 3.8) is 0 Å². The minimum absolute atomic E-state index is 0.0664. The van der Waals surface area contributed by atoms with Crippen LogP contribution in [0.25, 0.3) is 0 Å². The molecular weight excluding hydrogens is 339 g/mol. The number of carbonyl (C=O) groups is 1. The largest absolute Gasteiger partial charge is 0.496 e. The molecule has 110 valence electrons. The van der Waals surface area contributed by atoms with Crippen molar-refractivity contribution in [3.8, 4) is 11.5 Å². The molecule has 0 N–H and O–H groups in total. The van der Waals surface area contributed by atoms with Crippen LogP contribution in [0.15, 0.2) is 40.9 Å². The number of ketones is 1. The first-order chi connectivity index (χ1) is 10.0. The molecule has 0 heterocycles. The molecule has 0 saturated carbocycles. The average Bonchev–Trinajstić information content (AvgIpc) is 2.48. The number of halogens is 2. The second-order valence-electron chi connectivity index (χ2n) is 4.42. The molecule has 21 heavy (non-hydrogen) atoms. The molecule has 3 nitrogen and oxygen atoms in total. The van der Waals surface area contributed by atoms with Gasteiger partial charge in [-0.1, -0.05) is 6.07 Å². The van der Waals surface area contributed by atoms with Gasteiger partial charge in [-0.2, -0.15) is 0 Å². The molecule has 2 aromatic rings. The van der Waals surface area contributed by atoms with E-state index in [1.54, 1.807) is 13.2 Å². The molecule has 0 bridgehead atoms. The molecule has 2 rings (SSSR count). The summed E-state index contributed by atoms with van der Waals surface area (Å²) in [5.74, 6) is 0.179. The highest BCUT2D eigenvalue weighted by atomic mass is 79.9. The highest BCUT2D eigenvalue weighted by Gasteiger charge is 2.12. The predicted octanol–water partition coefficient (Wildman–Crippen LogP) is 4.03. The third-order valence-corrected chi connectivity index (χ3v) is 3.67. The van der Waals surface area contributed by atoms with Gasteiger partial charge < -0.3 is 9.47 Å². The zero-order valence-corrected chi connectivity index (χ0v) is 13.2. The molecule has 0 radical (unpaired) electrons. The molecule has 0 fully saturated rings. The van der Waals surface area contributed by atoms with Crippen molar-refractivity contribution in [2.75, 3.05) is 14.2 Å². The highest BCUT2D eigenvalue weighted by molar-refractivity contribution is 9.10. The van der Waals surface area contributed by atoms with Gasteiger partial charge in [0.2, 0.25) is 0 Å². The Balaban J connectivity index is 2.19. The Morgan fingerprint density at radius 2 is 1.81 bits per heavy atom. The molecule has 2 aromatic carbocycles. The SMILES string of the molecule is COc1cc(C(=O)Cc2ccc(OC)c(Br)c2)ccc1F. The van der Waals surface area contributed by atoms with Gasteiger partial charge in [-0.05, 0) is 51.8 Å². The Labute approximate surface area is 130 Å². The fourth-order valence-electron chi connectivity index (χ4n) is 1.94. The number of hydrogen-bond acceptors (Lipinski definition) is 3. The van der Waals surface area contributed by atoms with Gasteiger partial charge in [0.05, 0.1) is 18.7 Å². The Morgan fingerprint density at radius 1 is 1.10 bits per heavy atom. The summed E-state index contributed by atoms with van der Waals surface area (Å²) in [5, 5.41) is 0. The molecule has 0 unspecified atom stereocenters. The molecule has 5 heteroatoms. The molecular formula is C16H14BrFO3. The van der Waals surface area contributed by atoms with E-state index in [4.69, 9.17) is 9.47 Å². The third-order valence-electron chi connectivity index (χ3n) is 3.05. The van der Waals surface area contributed by atoms with E-state index in [-0.39, 0.29) is 18.0 Å². The van der Waals surface area contributed by atoms with E-state index in [2.05, 4.69) is 15.9 Å². The number of benzene rings is 2. The van der Waals surface area contributed by atoms with Gasteiger partial charge >= 0.3 is 0 Å². The standard InChI is InChI=1S/C16H14BrFO3/c1-20-15-6-3-10(7-12(15)17)8-14(19)11-4-5-13(18)16(9-11)21-2/h3-7,9H,8H2,1-2H3. The Morgan fingerprint density at radius 3 is 2.43 bits per heavy atom. The second-order valence-corrected chi connectivity index (χ2v) is 5.27. The summed E-state index contributed by atoms with van der Waals surface area (Å²) in [4.78, 5) is 12.2. The maximum atomic E-state index is 13.3. The average molecular weight is 353 g/mol. The number of methoxy groups -OCH3 is 2. The molecule has 0 aliphatic heterocycles. The molecule has 0 atom stereocenters. The number of carbonyl (C=O) groups excluding carboxylic acids is 1. The van der Waals surface area contributed by atoms with Gasteiger partial charge in [0.1, 0.15) is 5.75 Å². The minimum atomic E-state index is -0.485. The Bertz CT molecular complexity index is 671. The van der Waals surface area contributed by atoms with Gasteiger partial charge in [-0.3, -0.25) is 4.79 Å². The van der Waals surface area contributed by atoms with Crippen molar-refractivity contribution >= 4 is 21.7 Å². The van der Waals surface area contributed by atoms with Gasteiger partial charge in [-0.25, -0.2) is 4.39 Å². The van der Waals surface area contributed by atoms with E-state index in [0.29, 0.717) is 11.3 Å². The summed E-state index contributed by atoms with van der Waals surface area (Å²) in [6.45, 7) is 0. The molecule has 0 spiro atoms. The summed E-state index contributed by atoms with van der Waals surface area (Å²) in [5.41, 5.74) is 1.26. The minimum Gasteiger partial charge on any atom is -0.496 e. The fourth-order valence-corrected chi connectivity index (χ4v) is 2.53. The van der Waals surface area contributed by atoms with E-state index in [1.165, 1.54) is 25.3 Å². The Hall–Kier alpha value is -1.88. The van der Waals surface area contributed by atoms with Crippen molar-refractivity contribution < 1.29 is 18.7 Å². The summed E-state index contributed by atoms with van der Waals surface area (Å²) in [6.07, 6.45) is 0.220. The number of hydrogen-bond donors (Lipinski definition) is 0. The maximum absolute atomic E-state index is 13.3. The maximum Gasteiger partial charge on any atom is 0.167 e. The lowest BCUT2D eigenvalue weighted by Gasteiger charge is -2.07. The zero-order valence-electron chi connectivity index (χ0n) is 11.7. The summed E-state index contributed by atoms with van der Waals surface area (Å²) < 4.78 is 24.2. The lowest BCUT2D eigenvalue weighted by Crippen LogP contribution is -2.04. The summed E-state index contributed by atoms with van der Waals surface area (Å²) in [7, 11) is 2.95. The lowest BCUT2D eigenvalue weighted by atomic mass is 10.0. The number of ether oxygens (including phenoxy) is 2. The first-order valence-electron chi connectivity index (χ1n) is 6.24. The predicted molar refractivity (Wildman–Crippen MR) is 81.7 cm³/mol. The van der Waals surface area contributed by atoms with Gasteiger partial charge in [0.15, 0.2) is 17.3 Å². The quantitative estimate of drug-likeness (QED) is 0.762. The van der Waals surface area contributed by atoms with Crippen molar-refractivity contribution in [1.82, 2.24) is 0 Å². The van der Waals surface area contributed by atoms with Crippen LogP contribution in [-0.2, 0) is 6.42 Å². The van der Waals surface area contributed by atoms with Crippen LogP contribution in [0.1, 0.15) is 15.9 Å². The monoisotopic (exact) mass is 352 g/mol. The van der Waals surface area contributed by atoms with Crippen molar-refractivity contribution in [1.29, 1.82) is 0 Å². The van der Waals surface area contributed by atoms with E-state index < -0.39 is 5.82 Å². The molecule has 0 saturated heterocycles. The third kappa shape index (κ3) is 3.61. The molecule has 0 aliphatic rings. The van der Waals surface area contributed by atoms with Crippen molar-refractivity contribution in [2.24, 2.45) is 0 Å². The first-order valence-corrected chi connectivity index (χ1v) is 7.03. The number of rotatable bonds is 5. The van der Waals surface area contributed by atoms with Crippen molar-refractivity contribution in [2.45, 2.75) is 6.42 Å². The summed E-state index contributed by atoms with van der Waals surface area (Å²) in [6, 6.07) is 9.54. The molecule has 0 aromatic heterocycles. The van der Waals surface area contributed by atoms with Crippen LogP contribution in [-0.4, -0.2) is 20.0 Å². The highest BCUT2D eigenvalue weighted by Crippen LogP contribution is 2.26. The van der Waals surface area contributed by atoms with Gasteiger partial charge in [-0.15, -0.1) is 0 Å². The second kappa shape index (κ2) is 6.72. The summed E-state index contributed by atoms with van der Waals surface area (Å²) >= 11 is 3.38. The van der Waals surface area contributed by atoms with Crippen LogP contribution in [0.2, 0.25) is 0 Å². The van der Waals surface area contributed by atoms with Gasteiger partial charge in [0.25, 0.3) is 0 Å². The molecule has 0 amide bonds. The Kier molecular flexibility index (Phi) is 4.96. The van der Waals surface area contributed by atoms with Crippen LogP contribution in [0.3, 0.4) is 0 Å². The van der Waals surface area contributed by atoms with Crippen LogP contribution < -0.4 is 9.47 Å². The van der Waals surface area contributed by atoms with Crippen LogP contribution >= 0.6 is 15.9 Å². The topological polar surface area (TPSA) is 35.5 Å². The van der Waals surface area contributed by atoms with E-state index in [0.717, 1.165) is 10.0 Å². The van der Waals surface area contributed by atoms with Crippen LogP contribution in [0.4, 0.5) is 4.39 Å². The zero-order chi connectivity index (χ0) is 15.4. The van der Waals surface area contributed by atoms with E-state index in [1.807, 2.05) is 12.1 Å². The fraction of sp³-hybridized carbons (Fsp3) is 0.188. The van der Waals surface area contributed by atoms with E-state index >= 15 is 0 Å². The van der Waals surface area contributed by atoms with E-state index in [9.17, 15) is 9.18 Å². The smallest absolute Gasteiger partial charge is 0.167 e. The van der Waals surface area contributed by atoms with Crippen molar-refractivity contribution in [3.05, 3.63) is 57.8 Å². The first kappa shape index (κ1) is 15.5. The normalized spacial score (nSPS) is 10.3.